The number of amides is 1. The number of aromatic nitrogens is 3. The Hall–Kier alpha value is -2.44. The summed E-state index contributed by atoms with van der Waals surface area (Å²) in [6.45, 7) is 7.25. The van der Waals surface area contributed by atoms with E-state index in [1.807, 2.05) is 30.9 Å². The number of carbonyl (C=O) groups is 1. The summed E-state index contributed by atoms with van der Waals surface area (Å²) in [5, 5.41) is 4.03. The van der Waals surface area contributed by atoms with Crippen LogP contribution in [0.1, 0.15) is 51.3 Å². The second-order valence-corrected chi connectivity index (χ2v) is 7.81. The Kier molecular flexibility index (Phi) is 5.09. The topological polar surface area (TPSA) is 75.4 Å². The molecule has 1 saturated heterocycles. The third-order valence-electron chi connectivity index (χ3n) is 5.56. The van der Waals surface area contributed by atoms with Crippen molar-refractivity contribution in [3.05, 3.63) is 24.2 Å². The lowest BCUT2D eigenvalue weighted by Crippen LogP contribution is -2.50. The van der Waals surface area contributed by atoms with Gasteiger partial charge in [0.25, 0.3) is 0 Å². The van der Waals surface area contributed by atoms with Crippen LogP contribution in [-0.2, 0) is 4.79 Å². The summed E-state index contributed by atoms with van der Waals surface area (Å²) >= 11 is 0. The van der Waals surface area contributed by atoms with Gasteiger partial charge in [-0.05, 0) is 25.0 Å². The molecule has 2 aromatic rings. The third kappa shape index (κ3) is 3.82. The fourth-order valence-electron chi connectivity index (χ4n) is 3.88. The Bertz CT molecular complexity index is 772. The van der Waals surface area contributed by atoms with Crippen LogP contribution < -0.4 is 4.90 Å². The van der Waals surface area contributed by atoms with Crippen molar-refractivity contribution in [3.63, 3.8) is 0 Å². The minimum Gasteiger partial charge on any atom is -0.353 e. The molecule has 2 fully saturated rings. The first kappa shape index (κ1) is 17.9. The molecule has 1 aliphatic heterocycles. The van der Waals surface area contributed by atoms with Gasteiger partial charge < -0.3 is 14.3 Å². The van der Waals surface area contributed by atoms with Gasteiger partial charge in [0.1, 0.15) is 5.82 Å². The molecule has 0 spiro atoms. The lowest BCUT2D eigenvalue weighted by atomic mass is 10.1. The van der Waals surface area contributed by atoms with E-state index in [-0.39, 0.29) is 11.8 Å². The lowest BCUT2D eigenvalue weighted by Gasteiger charge is -2.36. The average molecular weight is 369 g/mol. The Morgan fingerprint density at radius 3 is 2.48 bits per heavy atom. The molecule has 0 atom stereocenters. The van der Waals surface area contributed by atoms with Crippen molar-refractivity contribution in [1.29, 1.82) is 0 Å². The highest BCUT2D eigenvalue weighted by molar-refractivity contribution is 5.79. The van der Waals surface area contributed by atoms with Crippen molar-refractivity contribution < 1.29 is 9.32 Å². The molecule has 7 heteroatoms. The van der Waals surface area contributed by atoms with Crippen LogP contribution in [0.25, 0.3) is 11.4 Å². The van der Waals surface area contributed by atoms with Gasteiger partial charge in [-0.2, -0.15) is 4.98 Å². The summed E-state index contributed by atoms with van der Waals surface area (Å²) in [4.78, 5) is 25.8. The summed E-state index contributed by atoms with van der Waals surface area (Å²) in [7, 11) is 0. The minimum atomic E-state index is 0.210. The minimum absolute atomic E-state index is 0.210. The molecule has 3 heterocycles. The molecule has 1 amide bonds. The zero-order valence-corrected chi connectivity index (χ0v) is 16.1. The Balaban J connectivity index is 1.36. The first-order chi connectivity index (χ1) is 13.1. The van der Waals surface area contributed by atoms with Crippen molar-refractivity contribution in [2.24, 2.45) is 5.92 Å². The Morgan fingerprint density at radius 1 is 1.15 bits per heavy atom. The number of anilines is 1. The van der Waals surface area contributed by atoms with E-state index in [9.17, 15) is 4.79 Å². The van der Waals surface area contributed by atoms with E-state index in [4.69, 9.17) is 4.52 Å². The number of rotatable bonds is 4. The van der Waals surface area contributed by atoms with Gasteiger partial charge in [0.05, 0.1) is 0 Å². The van der Waals surface area contributed by atoms with Crippen LogP contribution in [0.5, 0.6) is 0 Å². The SMILES string of the molecule is CC(C)c1nc(-c2ccc(N3CCN(C(=O)C4CCCC4)CC3)nc2)no1. The highest BCUT2D eigenvalue weighted by Gasteiger charge is 2.29. The van der Waals surface area contributed by atoms with E-state index in [0.717, 1.165) is 50.4 Å². The van der Waals surface area contributed by atoms with E-state index in [0.29, 0.717) is 17.6 Å². The van der Waals surface area contributed by atoms with Gasteiger partial charge in [-0.25, -0.2) is 4.98 Å². The number of hydrogen-bond donors (Lipinski definition) is 0. The standard InChI is InChI=1S/C20H27N5O2/c1-14(2)19-22-18(23-27-19)16-7-8-17(21-13-16)24-9-11-25(12-10-24)20(26)15-5-3-4-6-15/h7-8,13-15H,3-6,9-12H2,1-2H3. The molecule has 144 valence electrons. The van der Waals surface area contributed by atoms with Crippen molar-refractivity contribution in [2.45, 2.75) is 45.4 Å². The zero-order chi connectivity index (χ0) is 18.8. The van der Waals surface area contributed by atoms with E-state index >= 15 is 0 Å². The maximum Gasteiger partial charge on any atom is 0.229 e. The Morgan fingerprint density at radius 2 is 1.89 bits per heavy atom. The molecule has 0 unspecified atom stereocenters. The van der Waals surface area contributed by atoms with Crippen molar-refractivity contribution >= 4 is 11.7 Å². The molecule has 0 N–H and O–H groups in total. The van der Waals surface area contributed by atoms with Gasteiger partial charge in [0.2, 0.25) is 17.6 Å². The number of hydrogen-bond acceptors (Lipinski definition) is 6. The van der Waals surface area contributed by atoms with Crippen LogP contribution >= 0.6 is 0 Å². The maximum atomic E-state index is 12.6. The van der Waals surface area contributed by atoms with E-state index in [2.05, 4.69) is 20.0 Å². The summed E-state index contributed by atoms with van der Waals surface area (Å²) < 4.78 is 5.27. The number of pyridine rings is 1. The number of piperazine rings is 1. The largest absolute Gasteiger partial charge is 0.353 e. The first-order valence-electron chi connectivity index (χ1n) is 9.95. The first-order valence-corrected chi connectivity index (χ1v) is 9.95. The second kappa shape index (κ2) is 7.66. The molecule has 0 aromatic carbocycles. The van der Waals surface area contributed by atoms with Crippen LogP contribution in [0.4, 0.5) is 5.82 Å². The number of carbonyl (C=O) groups excluding carboxylic acids is 1. The monoisotopic (exact) mass is 369 g/mol. The summed E-state index contributed by atoms with van der Waals surface area (Å²) in [5.41, 5.74) is 0.851. The molecule has 4 rings (SSSR count). The fraction of sp³-hybridized carbons (Fsp3) is 0.600. The molecule has 7 nitrogen and oxygen atoms in total. The van der Waals surface area contributed by atoms with Crippen LogP contribution in [0, 0.1) is 5.92 Å². The van der Waals surface area contributed by atoms with Crippen molar-refractivity contribution in [2.75, 3.05) is 31.1 Å². The molecule has 0 radical (unpaired) electrons. The molecule has 27 heavy (non-hydrogen) atoms. The Labute approximate surface area is 159 Å². The van der Waals surface area contributed by atoms with Gasteiger partial charge in [-0.3, -0.25) is 4.79 Å². The summed E-state index contributed by atoms with van der Waals surface area (Å²) in [6, 6.07) is 3.97. The van der Waals surface area contributed by atoms with Gasteiger partial charge in [-0.1, -0.05) is 31.8 Å². The van der Waals surface area contributed by atoms with E-state index < -0.39 is 0 Å². The molecule has 0 bridgehead atoms. The van der Waals surface area contributed by atoms with Crippen LogP contribution in [0.2, 0.25) is 0 Å². The quantitative estimate of drug-likeness (QED) is 0.824. The predicted octanol–water partition coefficient (Wildman–Crippen LogP) is 3.09. The van der Waals surface area contributed by atoms with Gasteiger partial charge in [0, 0.05) is 49.8 Å². The normalized spacial score (nSPS) is 18.5. The third-order valence-corrected chi connectivity index (χ3v) is 5.56. The highest BCUT2D eigenvalue weighted by Crippen LogP contribution is 2.27. The summed E-state index contributed by atoms with van der Waals surface area (Å²) in [6.07, 6.45) is 6.32. The predicted molar refractivity (Wildman–Crippen MR) is 102 cm³/mol. The maximum absolute atomic E-state index is 12.6. The molecular formula is C20H27N5O2. The molecule has 1 saturated carbocycles. The van der Waals surface area contributed by atoms with E-state index in [1.54, 1.807) is 6.20 Å². The van der Waals surface area contributed by atoms with Gasteiger partial charge in [0.15, 0.2) is 0 Å². The fourth-order valence-corrected chi connectivity index (χ4v) is 3.88. The van der Waals surface area contributed by atoms with Crippen LogP contribution in [-0.4, -0.2) is 52.1 Å². The lowest BCUT2D eigenvalue weighted by molar-refractivity contribution is -0.135. The van der Waals surface area contributed by atoms with E-state index in [1.165, 1.54) is 12.8 Å². The highest BCUT2D eigenvalue weighted by atomic mass is 16.5. The zero-order valence-electron chi connectivity index (χ0n) is 16.1. The summed E-state index contributed by atoms with van der Waals surface area (Å²) in [5.74, 6) is 2.97. The van der Waals surface area contributed by atoms with Crippen LogP contribution in [0.15, 0.2) is 22.9 Å². The van der Waals surface area contributed by atoms with Crippen molar-refractivity contribution in [1.82, 2.24) is 20.0 Å². The van der Waals surface area contributed by atoms with Gasteiger partial charge >= 0.3 is 0 Å². The average Bonchev–Trinajstić information content (AvgIpc) is 3.40. The smallest absolute Gasteiger partial charge is 0.229 e. The molecular weight excluding hydrogens is 342 g/mol. The van der Waals surface area contributed by atoms with Gasteiger partial charge in [-0.15, -0.1) is 0 Å². The van der Waals surface area contributed by atoms with Crippen molar-refractivity contribution in [3.8, 4) is 11.4 Å². The second-order valence-electron chi connectivity index (χ2n) is 7.81. The number of nitrogens with zero attached hydrogens (tertiary/aromatic N) is 5. The van der Waals surface area contributed by atoms with Crippen LogP contribution in [0.3, 0.4) is 0 Å². The molecule has 2 aromatic heterocycles. The molecule has 1 aliphatic carbocycles. The molecule has 2 aliphatic rings.